The van der Waals surface area contributed by atoms with Crippen LogP contribution < -0.4 is 5.32 Å². The average Bonchev–Trinajstić information content (AvgIpc) is 3.07. The fourth-order valence-corrected chi connectivity index (χ4v) is 4.17. The van der Waals surface area contributed by atoms with Crippen molar-refractivity contribution in [2.75, 3.05) is 6.54 Å². The van der Waals surface area contributed by atoms with Gasteiger partial charge < -0.3 is 9.88 Å². The quantitative estimate of drug-likeness (QED) is 0.690. The van der Waals surface area contributed by atoms with E-state index in [1.807, 2.05) is 24.3 Å². The molecule has 1 N–H and O–H groups in total. The molecular formula is C17H17BrN2OS. The van der Waals surface area contributed by atoms with E-state index in [0.29, 0.717) is 13.1 Å². The second-order valence-electron chi connectivity index (χ2n) is 5.15. The third kappa shape index (κ3) is 2.96. The summed E-state index contributed by atoms with van der Waals surface area (Å²) in [5.41, 5.74) is 3.00. The molecule has 0 fully saturated rings. The molecule has 1 amide bonds. The number of rotatable bonds is 5. The minimum Gasteiger partial charge on any atom is -0.351 e. The van der Waals surface area contributed by atoms with E-state index in [-0.39, 0.29) is 5.91 Å². The maximum atomic E-state index is 12.5. The summed E-state index contributed by atoms with van der Waals surface area (Å²) in [6, 6.07) is 12.2. The maximum Gasteiger partial charge on any atom is 0.267 e. The third-order valence-corrected chi connectivity index (χ3v) is 5.36. The third-order valence-electron chi connectivity index (χ3n) is 3.53. The van der Waals surface area contributed by atoms with Gasteiger partial charge in [-0.1, -0.05) is 37.3 Å². The minimum absolute atomic E-state index is 0.00641. The number of hydrogen-bond acceptors (Lipinski definition) is 2. The Labute approximate surface area is 142 Å². The summed E-state index contributed by atoms with van der Waals surface area (Å²) < 4.78 is 4.26. The molecule has 0 radical (unpaired) electrons. The Kier molecular flexibility index (Phi) is 4.64. The highest BCUT2D eigenvalue weighted by atomic mass is 79.9. The Hall–Kier alpha value is -1.59. The zero-order chi connectivity index (χ0) is 15.5. The van der Waals surface area contributed by atoms with Crippen LogP contribution in [0.4, 0.5) is 0 Å². The Balaban J connectivity index is 2.04. The summed E-state index contributed by atoms with van der Waals surface area (Å²) in [7, 11) is 0. The van der Waals surface area contributed by atoms with Crippen molar-refractivity contribution in [1.29, 1.82) is 0 Å². The number of thiophene rings is 1. The topological polar surface area (TPSA) is 34.0 Å². The molecule has 5 heteroatoms. The van der Waals surface area contributed by atoms with Gasteiger partial charge in [-0.2, -0.15) is 0 Å². The SMILES string of the molecule is CCCNC(=O)c1cc2scc(Br)c2n1Cc1ccccc1. The van der Waals surface area contributed by atoms with E-state index in [4.69, 9.17) is 0 Å². The summed E-state index contributed by atoms with van der Waals surface area (Å²) in [5.74, 6) is -0.00641. The van der Waals surface area contributed by atoms with Crippen LogP contribution in [0, 0.1) is 0 Å². The molecule has 0 bridgehead atoms. The van der Waals surface area contributed by atoms with E-state index < -0.39 is 0 Å². The lowest BCUT2D eigenvalue weighted by Crippen LogP contribution is -2.26. The number of nitrogens with one attached hydrogen (secondary N) is 1. The van der Waals surface area contributed by atoms with Crippen molar-refractivity contribution >= 4 is 43.4 Å². The average molecular weight is 377 g/mol. The number of amides is 1. The number of hydrogen-bond donors (Lipinski definition) is 1. The van der Waals surface area contributed by atoms with E-state index in [1.54, 1.807) is 11.3 Å². The fourth-order valence-electron chi connectivity index (χ4n) is 2.48. The van der Waals surface area contributed by atoms with Crippen LogP contribution in [0.15, 0.2) is 46.3 Å². The molecule has 0 saturated heterocycles. The first-order chi connectivity index (χ1) is 10.7. The predicted molar refractivity (Wildman–Crippen MR) is 95.7 cm³/mol. The van der Waals surface area contributed by atoms with Gasteiger partial charge in [0.05, 0.1) is 14.7 Å². The van der Waals surface area contributed by atoms with Gasteiger partial charge in [-0.25, -0.2) is 0 Å². The Morgan fingerprint density at radius 1 is 1.32 bits per heavy atom. The van der Waals surface area contributed by atoms with Crippen molar-refractivity contribution in [2.45, 2.75) is 19.9 Å². The summed E-state index contributed by atoms with van der Waals surface area (Å²) in [6.07, 6.45) is 0.934. The standard InChI is InChI=1S/C17H17BrN2OS/c1-2-8-19-17(21)14-9-15-16(13(18)11-22-15)20(14)10-12-6-4-3-5-7-12/h3-7,9,11H,2,8,10H2,1H3,(H,19,21). The van der Waals surface area contributed by atoms with Crippen LogP contribution in [0.2, 0.25) is 0 Å². The van der Waals surface area contributed by atoms with Gasteiger partial charge in [0.1, 0.15) is 5.69 Å². The van der Waals surface area contributed by atoms with Gasteiger partial charge >= 0.3 is 0 Å². The van der Waals surface area contributed by atoms with Crippen LogP contribution in [-0.2, 0) is 6.54 Å². The van der Waals surface area contributed by atoms with Crippen molar-refractivity contribution in [3.63, 3.8) is 0 Å². The van der Waals surface area contributed by atoms with Gasteiger partial charge in [0, 0.05) is 18.5 Å². The Bertz CT molecular complexity index is 792. The van der Waals surface area contributed by atoms with Crippen LogP contribution in [0.3, 0.4) is 0 Å². The Morgan fingerprint density at radius 2 is 2.09 bits per heavy atom. The van der Waals surface area contributed by atoms with Crippen LogP contribution in [-0.4, -0.2) is 17.0 Å². The number of halogens is 1. The van der Waals surface area contributed by atoms with E-state index in [2.05, 4.69) is 50.3 Å². The van der Waals surface area contributed by atoms with Gasteiger partial charge in [0.25, 0.3) is 5.91 Å². The van der Waals surface area contributed by atoms with Crippen molar-refractivity contribution in [3.8, 4) is 0 Å². The van der Waals surface area contributed by atoms with Gasteiger partial charge in [-0.05, 0) is 34.0 Å². The summed E-state index contributed by atoms with van der Waals surface area (Å²) in [6.45, 7) is 3.44. The zero-order valence-electron chi connectivity index (χ0n) is 12.3. The summed E-state index contributed by atoms with van der Waals surface area (Å²) in [4.78, 5) is 12.5. The van der Waals surface area contributed by atoms with Gasteiger partial charge in [0.15, 0.2) is 0 Å². The van der Waals surface area contributed by atoms with Gasteiger partial charge in [-0.3, -0.25) is 4.79 Å². The molecule has 0 unspecified atom stereocenters. The van der Waals surface area contributed by atoms with Crippen LogP contribution in [0.1, 0.15) is 29.4 Å². The van der Waals surface area contributed by atoms with Gasteiger partial charge in [0.2, 0.25) is 0 Å². The van der Waals surface area contributed by atoms with Crippen molar-refractivity contribution in [2.24, 2.45) is 0 Å². The molecule has 0 aliphatic carbocycles. The summed E-state index contributed by atoms with van der Waals surface area (Å²) >= 11 is 5.26. The van der Waals surface area contributed by atoms with Crippen molar-refractivity contribution in [3.05, 3.63) is 57.5 Å². The molecule has 2 heterocycles. The fraction of sp³-hybridized carbons (Fsp3) is 0.235. The lowest BCUT2D eigenvalue weighted by atomic mass is 10.2. The smallest absolute Gasteiger partial charge is 0.267 e. The maximum absolute atomic E-state index is 12.5. The van der Waals surface area contributed by atoms with E-state index >= 15 is 0 Å². The van der Waals surface area contributed by atoms with E-state index in [9.17, 15) is 4.79 Å². The van der Waals surface area contributed by atoms with Gasteiger partial charge in [-0.15, -0.1) is 11.3 Å². The molecule has 3 nitrogen and oxygen atoms in total. The zero-order valence-corrected chi connectivity index (χ0v) is 14.7. The first kappa shape index (κ1) is 15.3. The predicted octanol–water partition coefficient (Wildman–Crippen LogP) is 4.65. The van der Waals surface area contributed by atoms with E-state index in [1.165, 1.54) is 5.56 Å². The minimum atomic E-state index is -0.00641. The molecule has 114 valence electrons. The van der Waals surface area contributed by atoms with Crippen LogP contribution >= 0.6 is 27.3 Å². The lowest BCUT2D eigenvalue weighted by Gasteiger charge is -2.11. The number of aromatic nitrogens is 1. The number of carbonyl (C=O) groups excluding carboxylic acids is 1. The normalized spacial score (nSPS) is 11.0. The second-order valence-corrected chi connectivity index (χ2v) is 6.92. The first-order valence-corrected chi connectivity index (χ1v) is 8.96. The van der Waals surface area contributed by atoms with E-state index in [0.717, 1.165) is 26.8 Å². The highest BCUT2D eigenvalue weighted by molar-refractivity contribution is 9.10. The van der Waals surface area contributed by atoms with Crippen LogP contribution in [0.5, 0.6) is 0 Å². The molecule has 0 aliphatic rings. The molecule has 0 spiro atoms. The van der Waals surface area contributed by atoms with Crippen molar-refractivity contribution < 1.29 is 4.79 Å². The lowest BCUT2D eigenvalue weighted by molar-refractivity contribution is 0.0945. The number of fused-ring (bicyclic) bond motifs is 1. The Morgan fingerprint density at radius 3 is 2.82 bits per heavy atom. The highest BCUT2D eigenvalue weighted by Gasteiger charge is 2.18. The number of benzene rings is 1. The van der Waals surface area contributed by atoms with Crippen LogP contribution in [0.25, 0.3) is 10.2 Å². The molecule has 0 aliphatic heterocycles. The second kappa shape index (κ2) is 6.67. The molecular weight excluding hydrogens is 360 g/mol. The molecule has 1 aromatic carbocycles. The highest BCUT2D eigenvalue weighted by Crippen LogP contribution is 2.33. The largest absolute Gasteiger partial charge is 0.351 e. The van der Waals surface area contributed by atoms with Crippen molar-refractivity contribution in [1.82, 2.24) is 9.88 Å². The molecule has 22 heavy (non-hydrogen) atoms. The molecule has 3 rings (SSSR count). The molecule has 3 aromatic rings. The molecule has 2 aromatic heterocycles. The first-order valence-electron chi connectivity index (χ1n) is 7.29. The number of nitrogens with zero attached hydrogens (tertiary/aromatic N) is 1. The monoisotopic (exact) mass is 376 g/mol. The molecule has 0 saturated carbocycles. The molecule has 0 atom stereocenters. The number of carbonyl (C=O) groups is 1. The summed E-state index contributed by atoms with van der Waals surface area (Å²) in [5, 5.41) is 5.04.